The van der Waals surface area contributed by atoms with E-state index < -0.39 is 12.1 Å². The van der Waals surface area contributed by atoms with Crippen LogP contribution in [-0.4, -0.2) is 23.6 Å². The van der Waals surface area contributed by atoms with Crippen LogP contribution in [0.4, 0.5) is 0 Å². The summed E-state index contributed by atoms with van der Waals surface area (Å²) < 4.78 is 0. The summed E-state index contributed by atoms with van der Waals surface area (Å²) in [7, 11) is 0. The van der Waals surface area contributed by atoms with Crippen LogP contribution in [0.2, 0.25) is 10.0 Å². The Hall–Kier alpha value is -0.520. The molecule has 0 fully saturated rings. The lowest BCUT2D eigenvalue weighted by Crippen LogP contribution is -2.42. The van der Waals surface area contributed by atoms with Gasteiger partial charge in [0, 0.05) is 22.2 Å². The van der Waals surface area contributed by atoms with Crippen molar-refractivity contribution in [1.82, 2.24) is 5.32 Å². The number of hydrogen-bond donors (Lipinski definition) is 3. The Bertz CT molecular complexity index is 423. The van der Waals surface area contributed by atoms with Crippen molar-refractivity contribution in [1.29, 1.82) is 0 Å². The largest absolute Gasteiger partial charge is 0.386 e. The van der Waals surface area contributed by atoms with Gasteiger partial charge in [-0.05, 0) is 18.6 Å². The van der Waals surface area contributed by atoms with E-state index in [1.54, 1.807) is 18.2 Å². The molecule has 4 nitrogen and oxygen atoms in total. The summed E-state index contributed by atoms with van der Waals surface area (Å²) in [5.41, 5.74) is 6.08. The first-order valence-corrected chi connectivity index (χ1v) is 6.88. The molecule has 1 rings (SSSR count). The fourth-order valence-corrected chi connectivity index (χ4v) is 2.35. The van der Waals surface area contributed by atoms with Crippen molar-refractivity contribution in [3.63, 3.8) is 0 Å². The molecule has 7 heteroatoms. The lowest BCUT2D eigenvalue weighted by Gasteiger charge is -2.17. The Balaban J connectivity index is 0.00000361. The average Bonchev–Trinajstić information content (AvgIpc) is 2.36. The van der Waals surface area contributed by atoms with E-state index in [0.29, 0.717) is 22.0 Å². The van der Waals surface area contributed by atoms with Crippen LogP contribution in [0.3, 0.4) is 0 Å². The molecule has 0 bridgehead atoms. The highest BCUT2D eigenvalue weighted by Gasteiger charge is 2.18. The van der Waals surface area contributed by atoms with E-state index in [0.717, 1.165) is 6.42 Å². The molecule has 0 saturated heterocycles. The molecule has 1 aromatic rings. The minimum atomic E-state index is -0.959. The van der Waals surface area contributed by atoms with Gasteiger partial charge in [0.25, 0.3) is 0 Å². The minimum Gasteiger partial charge on any atom is -0.386 e. The van der Waals surface area contributed by atoms with Gasteiger partial charge in [0.1, 0.15) is 0 Å². The topological polar surface area (TPSA) is 75.4 Å². The lowest BCUT2D eigenvalue weighted by atomic mass is 10.1. The van der Waals surface area contributed by atoms with Crippen LogP contribution in [0.5, 0.6) is 0 Å². The van der Waals surface area contributed by atoms with E-state index in [9.17, 15) is 9.90 Å². The maximum absolute atomic E-state index is 11.6. The molecule has 0 saturated carbocycles. The minimum absolute atomic E-state index is 0. The monoisotopic (exact) mass is 340 g/mol. The smallest absolute Gasteiger partial charge is 0.237 e. The molecule has 1 aromatic carbocycles. The van der Waals surface area contributed by atoms with Crippen LogP contribution in [0.15, 0.2) is 18.2 Å². The van der Waals surface area contributed by atoms with Crippen molar-refractivity contribution < 1.29 is 9.90 Å². The highest BCUT2D eigenvalue weighted by molar-refractivity contribution is 6.36. The first-order valence-electron chi connectivity index (χ1n) is 6.12. The second-order valence-electron chi connectivity index (χ2n) is 4.29. The van der Waals surface area contributed by atoms with Gasteiger partial charge in [0.2, 0.25) is 5.91 Å². The van der Waals surface area contributed by atoms with E-state index in [1.807, 2.05) is 6.92 Å². The van der Waals surface area contributed by atoms with Crippen molar-refractivity contribution in [3.05, 3.63) is 33.8 Å². The number of amides is 1. The fourth-order valence-electron chi connectivity index (χ4n) is 1.70. The molecular formula is C13H19Cl3N2O2. The molecule has 0 aliphatic heterocycles. The summed E-state index contributed by atoms with van der Waals surface area (Å²) in [6.45, 7) is 1.98. The fraction of sp³-hybridized carbons (Fsp3) is 0.462. The number of hydrogen-bond acceptors (Lipinski definition) is 3. The van der Waals surface area contributed by atoms with Gasteiger partial charge in [-0.15, -0.1) is 12.4 Å². The Labute approximate surface area is 135 Å². The summed E-state index contributed by atoms with van der Waals surface area (Å²) in [6, 6.07) is 4.41. The maximum Gasteiger partial charge on any atom is 0.237 e. The molecule has 1 amide bonds. The molecular weight excluding hydrogens is 323 g/mol. The van der Waals surface area contributed by atoms with Gasteiger partial charge in [0.05, 0.1) is 12.1 Å². The molecule has 0 aliphatic carbocycles. The molecule has 4 N–H and O–H groups in total. The number of halogens is 3. The summed E-state index contributed by atoms with van der Waals surface area (Å²) in [4.78, 5) is 11.6. The highest BCUT2D eigenvalue weighted by Crippen LogP contribution is 2.29. The van der Waals surface area contributed by atoms with Crippen molar-refractivity contribution >= 4 is 41.5 Å². The lowest BCUT2D eigenvalue weighted by molar-refractivity contribution is -0.123. The van der Waals surface area contributed by atoms with Crippen molar-refractivity contribution in [3.8, 4) is 0 Å². The molecule has 0 radical (unpaired) electrons. The van der Waals surface area contributed by atoms with Gasteiger partial charge < -0.3 is 16.2 Å². The Morgan fingerprint density at radius 3 is 2.45 bits per heavy atom. The summed E-state index contributed by atoms with van der Waals surface area (Å²) in [6.07, 6.45) is 0.474. The van der Waals surface area contributed by atoms with Crippen LogP contribution in [0.25, 0.3) is 0 Å². The molecule has 2 unspecified atom stereocenters. The Morgan fingerprint density at radius 1 is 1.40 bits per heavy atom. The van der Waals surface area contributed by atoms with Crippen LogP contribution in [0, 0.1) is 0 Å². The van der Waals surface area contributed by atoms with Crippen molar-refractivity contribution in [2.45, 2.75) is 31.9 Å². The standard InChI is InChI=1S/C13H18Cl2N2O2.ClH/c1-2-4-10(16)13(19)17-7-11(18)12-8(14)5-3-6-9(12)15;/h3,5-6,10-11,18H,2,4,7,16H2,1H3,(H,17,19);1H. The third-order valence-corrected chi connectivity index (χ3v) is 3.40. The van der Waals surface area contributed by atoms with Gasteiger partial charge in [-0.1, -0.05) is 42.6 Å². The molecule has 0 heterocycles. The summed E-state index contributed by atoms with van der Waals surface area (Å²) in [5.74, 6) is -0.288. The third kappa shape index (κ3) is 5.46. The number of rotatable bonds is 6. The molecule has 20 heavy (non-hydrogen) atoms. The van der Waals surface area contributed by atoms with E-state index >= 15 is 0 Å². The zero-order chi connectivity index (χ0) is 14.4. The number of nitrogens with two attached hydrogens (primary N) is 1. The van der Waals surface area contributed by atoms with E-state index in [2.05, 4.69) is 5.32 Å². The zero-order valence-corrected chi connectivity index (χ0v) is 13.4. The average molecular weight is 342 g/mol. The number of carbonyl (C=O) groups excluding carboxylic acids is 1. The quantitative estimate of drug-likeness (QED) is 0.744. The third-order valence-electron chi connectivity index (χ3n) is 2.74. The van der Waals surface area contributed by atoms with Gasteiger partial charge >= 0.3 is 0 Å². The predicted octanol–water partition coefficient (Wildman–Crippen LogP) is 2.69. The van der Waals surface area contributed by atoms with Crippen LogP contribution in [0.1, 0.15) is 31.4 Å². The van der Waals surface area contributed by atoms with Crippen molar-refractivity contribution in [2.24, 2.45) is 5.73 Å². The number of aliphatic hydroxyl groups is 1. The van der Waals surface area contributed by atoms with Crippen molar-refractivity contribution in [2.75, 3.05) is 6.54 Å². The molecule has 0 aliphatic rings. The normalized spacial score (nSPS) is 13.2. The number of nitrogens with one attached hydrogen (secondary N) is 1. The molecule has 114 valence electrons. The van der Waals surface area contributed by atoms with E-state index in [1.165, 1.54) is 0 Å². The molecule has 0 spiro atoms. The van der Waals surface area contributed by atoms with Gasteiger partial charge in [0.15, 0.2) is 0 Å². The van der Waals surface area contributed by atoms with Crippen LogP contribution in [-0.2, 0) is 4.79 Å². The predicted molar refractivity (Wildman–Crippen MR) is 84.6 cm³/mol. The second kappa shape index (κ2) is 9.42. The SMILES string of the molecule is CCCC(N)C(=O)NCC(O)c1c(Cl)cccc1Cl.Cl. The summed E-state index contributed by atoms with van der Waals surface area (Å²) >= 11 is 11.9. The number of aliphatic hydroxyl groups excluding tert-OH is 1. The van der Waals surface area contributed by atoms with Gasteiger partial charge in [-0.25, -0.2) is 0 Å². The first kappa shape index (κ1) is 19.5. The maximum atomic E-state index is 11.6. The first-order chi connectivity index (χ1) is 8.97. The van der Waals surface area contributed by atoms with Crippen LogP contribution >= 0.6 is 35.6 Å². The Morgan fingerprint density at radius 2 is 1.95 bits per heavy atom. The van der Waals surface area contributed by atoms with Gasteiger partial charge in [-0.2, -0.15) is 0 Å². The number of benzene rings is 1. The molecule has 0 aromatic heterocycles. The Kier molecular flexibility index (Phi) is 9.18. The van der Waals surface area contributed by atoms with Crippen LogP contribution < -0.4 is 11.1 Å². The molecule has 2 atom stereocenters. The highest BCUT2D eigenvalue weighted by atomic mass is 35.5. The summed E-state index contributed by atoms with van der Waals surface area (Å²) in [5, 5.41) is 13.3. The number of carbonyl (C=O) groups is 1. The van der Waals surface area contributed by atoms with Gasteiger partial charge in [-0.3, -0.25) is 4.79 Å². The second-order valence-corrected chi connectivity index (χ2v) is 5.11. The van der Waals surface area contributed by atoms with E-state index in [-0.39, 0.29) is 24.9 Å². The zero-order valence-electron chi connectivity index (χ0n) is 11.1. The van der Waals surface area contributed by atoms with E-state index in [4.69, 9.17) is 28.9 Å².